The average molecular weight is 328 g/mol. The summed E-state index contributed by atoms with van der Waals surface area (Å²) in [5.74, 6) is -0.773. The number of aromatic nitrogens is 2. The summed E-state index contributed by atoms with van der Waals surface area (Å²) in [7, 11) is 0. The van der Waals surface area contributed by atoms with Gasteiger partial charge in [-0.15, -0.1) is 0 Å². The van der Waals surface area contributed by atoms with Crippen molar-refractivity contribution in [1.29, 1.82) is 0 Å². The molecule has 0 amide bonds. The van der Waals surface area contributed by atoms with E-state index < -0.39 is 22.5 Å². The molecule has 1 aromatic heterocycles. The lowest BCUT2D eigenvalue weighted by atomic mass is 10.3. The monoisotopic (exact) mass is 328 g/mol. The molecule has 1 aromatic carbocycles. The standard InChI is InChI=1S/C13H11F3N4O3/c1-2-23-11-10(13(14,15)16)7-17-12(19-11)18-8-4-3-5-9(6-8)20(21)22/h3-7H,2H2,1H3,(H,17,18,19). The van der Waals surface area contributed by atoms with Crippen LogP contribution in [-0.4, -0.2) is 21.5 Å². The van der Waals surface area contributed by atoms with E-state index in [1.165, 1.54) is 31.2 Å². The number of ether oxygens (including phenoxy) is 1. The summed E-state index contributed by atoms with van der Waals surface area (Å²) in [6.45, 7) is 1.52. The van der Waals surface area contributed by atoms with E-state index in [4.69, 9.17) is 4.74 Å². The molecule has 0 atom stereocenters. The Bertz CT molecular complexity index is 722. The molecule has 0 saturated carbocycles. The van der Waals surface area contributed by atoms with Crippen LogP contribution in [0.25, 0.3) is 0 Å². The van der Waals surface area contributed by atoms with Crippen LogP contribution in [0.15, 0.2) is 30.5 Å². The van der Waals surface area contributed by atoms with Gasteiger partial charge >= 0.3 is 6.18 Å². The summed E-state index contributed by atoms with van der Waals surface area (Å²) in [4.78, 5) is 17.3. The quantitative estimate of drug-likeness (QED) is 0.667. The molecule has 0 fully saturated rings. The van der Waals surface area contributed by atoms with Crippen molar-refractivity contribution < 1.29 is 22.8 Å². The second-order valence-corrected chi connectivity index (χ2v) is 4.28. The minimum atomic E-state index is -4.64. The van der Waals surface area contributed by atoms with E-state index in [9.17, 15) is 23.3 Å². The van der Waals surface area contributed by atoms with E-state index in [2.05, 4.69) is 15.3 Å². The molecule has 0 saturated heterocycles. The lowest BCUT2D eigenvalue weighted by Crippen LogP contribution is -2.12. The molecule has 10 heteroatoms. The molecule has 1 heterocycles. The van der Waals surface area contributed by atoms with Gasteiger partial charge in [-0.05, 0) is 13.0 Å². The van der Waals surface area contributed by atoms with Gasteiger partial charge in [0, 0.05) is 24.0 Å². The fourth-order valence-corrected chi connectivity index (χ4v) is 1.69. The number of hydrogen-bond donors (Lipinski definition) is 1. The van der Waals surface area contributed by atoms with Gasteiger partial charge < -0.3 is 10.1 Å². The summed E-state index contributed by atoms with van der Waals surface area (Å²) in [6.07, 6.45) is -4.05. The minimum absolute atomic E-state index is 0.00363. The molecule has 0 aliphatic heterocycles. The molecule has 0 radical (unpaired) electrons. The summed E-state index contributed by atoms with van der Waals surface area (Å²) in [5, 5.41) is 13.3. The number of hydrogen-bond acceptors (Lipinski definition) is 6. The Hall–Kier alpha value is -2.91. The van der Waals surface area contributed by atoms with Crippen LogP contribution in [0.1, 0.15) is 12.5 Å². The number of halogens is 3. The summed E-state index contributed by atoms with van der Waals surface area (Å²) >= 11 is 0. The van der Waals surface area contributed by atoms with Crippen LogP contribution in [0, 0.1) is 10.1 Å². The fraction of sp³-hybridized carbons (Fsp3) is 0.231. The predicted octanol–water partition coefficient (Wildman–Crippen LogP) is 3.55. The number of alkyl halides is 3. The van der Waals surface area contributed by atoms with Crippen molar-refractivity contribution in [3.63, 3.8) is 0 Å². The smallest absolute Gasteiger partial charge is 0.423 e. The number of nitro groups is 1. The number of nitro benzene ring substituents is 1. The number of non-ortho nitro benzene ring substituents is 1. The van der Waals surface area contributed by atoms with Crippen LogP contribution in [0.5, 0.6) is 5.88 Å². The number of nitrogens with one attached hydrogen (secondary N) is 1. The predicted molar refractivity (Wildman–Crippen MR) is 74.6 cm³/mol. The highest BCUT2D eigenvalue weighted by Gasteiger charge is 2.36. The molecule has 0 unspecified atom stereocenters. The summed E-state index contributed by atoms with van der Waals surface area (Å²) in [5.41, 5.74) is -1.00. The molecule has 0 aliphatic carbocycles. The summed E-state index contributed by atoms with van der Waals surface area (Å²) in [6, 6.07) is 5.41. The van der Waals surface area contributed by atoms with Gasteiger partial charge in [-0.25, -0.2) is 4.98 Å². The number of nitrogens with zero attached hydrogens (tertiary/aromatic N) is 3. The molecule has 2 rings (SSSR count). The third-order valence-electron chi connectivity index (χ3n) is 2.65. The molecule has 0 aliphatic rings. The van der Waals surface area contributed by atoms with E-state index >= 15 is 0 Å². The second kappa shape index (κ2) is 6.46. The van der Waals surface area contributed by atoms with Gasteiger partial charge in [0.25, 0.3) is 5.69 Å². The van der Waals surface area contributed by atoms with Crippen molar-refractivity contribution in [3.05, 3.63) is 46.1 Å². The maximum atomic E-state index is 12.8. The van der Waals surface area contributed by atoms with Crippen LogP contribution >= 0.6 is 0 Å². The molecule has 0 bridgehead atoms. The van der Waals surface area contributed by atoms with Crippen molar-refractivity contribution >= 4 is 17.3 Å². The SMILES string of the molecule is CCOc1nc(Nc2cccc([N+](=O)[O-])c2)ncc1C(F)(F)F. The first kappa shape index (κ1) is 16.5. The Morgan fingerprint density at radius 1 is 1.39 bits per heavy atom. The first-order valence-corrected chi connectivity index (χ1v) is 6.39. The van der Waals surface area contributed by atoms with Crippen LogP contribution in [0.3, 0.4) is 0 Å². The van der Waals surface area contributed by atoms with Crippen molar-refractivity contribution in [1.82, 2.24) is 9.97 Å². The Kier molecular flexibility index (Phi) is 4.63. The van der Waals surface area contributed by atoms with Crippen molar-refractivity contribution in [2.24, 2.45) is 0 Å². The zero-order valence-electron chi connectivity index (χ0n) is 11.8. The molecule has 0 spiro atoms. The molecule has 1 N–H and O–H groups in total. The molecular formula is C13H11F3N4O3. The van der Waals surface area contributed by atoms with Crippen LogP contribution < -0.4 is 10.1 Å². The Morgan fingerprint density at radius 2 is 2.13 bits per heavy atom. The van der Waals surface area contributed by atoms with Gasteiger partial charge in [0.05, 0.1) is 11.5 Å². The summed E-state index contributed by atoms with van der Waals surface area (Å²) < 4.78 is 43.3. The van der Waals surface area contributed by atoms with Crippen molar-refractivity contribution in [3.8, 4) is 5.88 Å². The van der Waals surface area contributed by atoms with Crippen LogP contribution in [0.2, 0.25) is 0 Å². The van der Waals surface area contributed by atoms with Gasteiger partial charge in [0.2, 0.25) is 11.8 Å². The van der Waals surface area contributed by atoms with E-state index in [-0.39, 0.29) is 23.9 Å². The molecular weight excluding hydrogens is 317 g/mol. The number of benzene rings is 1. The van der Waals surface area contributed by atoms with Crippen molar-refractivity contribution in [2.45, 2.75) is 13.1 Å². The topological polar surface area (TPSA) is 90.2 Å². The average Bonchev–Trinajstić information content (AvgIpc) is 2.47. The highest BCUT2D eigenvalue weighted by atomic mass is 19.4. The number of rotatable bonds is 5. The Balaban J connectivity index is 2.32. The van der Waals surface area contributed by atoms with Crippen LogP contribution in [0.4, 0.5) is 30.5 Å². The van der Waals surface area contributed by atoms with E-state index in [1.807, 2.05) is 0 Å². The van der Waals surface area contributed by atoms with Gasteiger partial charge in [0.1, 0.15) is 5.56 Å². The second-order valence-electron chi connectivity index (χ2n) is 4.28. The van der Waals surface area contributed by atoms with Gasteiger partial charge in [-0.2, -0.15) is 18.2 Å². The van der Waals surface area contributed by atoms with Gasteiger partial charge in [0.15, 0.2) is 0 Å². The number of anilines is 2. The lowest BCUT2D eigenvalue weighted by Gasteiger charge is -2.13. The maximum Gasteiger partial charge on any atom is 0.423 e. The third-order valence-corrected chi connectivity index (χ3v) is 2.65. The Labute approximate surface area is 128 Å². The van der Waals surface area contributed by atoms with Crippen molar-refractivity contribution in [2.75, 3.05) is 11.9 Å². The highest BCUT2D eigenvalue weighted by molar-refractivity contribution is 5.58. The molecule has 23 heavy (non-hydrogen) atoms. The molecule has 7 nitrogen and oxygen atoms in total. The zero-order valence-corrected chi connectivity index (χ0v) is 11.8. The lowest BCUT2D eigenvalue weighted by molar-refractivity contribution is -0.384. The first-order chi connectivity index (χ1) is 10.8. The minimum Gasteiger partial charge on any atom is -0.477 e. The van der Waals surface area contributed by atoms with Gasteiger partial charge in [-0.3, -0.25) is 10.1 Å². The maximum absolute atomic E-state index is 12.8. The van der Waals surface area contributed by atoms with Crippen LogP contribution in [-0.2, 0) is 6.18 Å². The fourth-order valence-electron chi connectivity index (χ4n) is 1.69. The van der Waals surface area contributed by atoms with E-state index in [0.717, 1.165) is 0 Å². The molecule has 2 aromatic rings. The van der Waals surface area contributed by atoms with E-state index in [1.54, 1.807) is 0 Å². The van der Waals surface area contributed by atoms with Gasteiger partial charge in [-0.1, -0.05) is 6.07 Å². The molecule has 122 valence electrons. The van der Waals surface area contributed by atoms with E-state index in [0.29, 0.717) is 6.20 Å². The largest absolute Gasteiger partial charge is 0.477 e. The third kappa shape index (κ3) is 4.05. The Morgan fingerprint density at radius 3 is 2.74 bits per heavy atom. The first-order valence-electron chi connectivity index (χ1n) is 6.39. The normalized spacial score (nSPS) is 11.1. The highest BCUT2D eigenvalue weighted by Crippen LogP contribution is 2.35. The zero-order chi connectivity index (χ0) is 17.0.